The third-order valence-electron chi connectivity index (χ3n) is 6.10. The lowest BCUT2D eigenvalue weighted by atomic mass is 9.94. The third kappa shape index (κ3) is 6.65. The number of carboxylic acids is 1. The number of carboxylic acid groups (broad SMARTS) is 1. The minimum atomic E-state index is -4.78. The summed E-state index contributed by atoms with van der Waals surface area (Å²) in [7, 11) is -4.15. The lowest BCUT2D eigenvalue weighted by Crippen LogP contribution is -2.36. The number of sulfonamides is 1. The number of hydrogen-bond acceptors (Lipinski definition) is 5. The molecule has 0 amide bonds. The quantitative estimate of drug-likeness (QED) is 0.392. The molecule has 4 rings (SSSR count). The van der Waals surface area contributed by atoms with E-state index >= 15 is 0 Å². The monoisotopic (exact) mass is 549 g/mol. The van der Waals surface area contributed by atoms with Crippen molar-refractivity contribution in [2.45, 2.75) is 50.1 Å². The normalized spacial score (nSPS) is 15.0. The lowest BCUT2D eigenvalue weighted by Gasteiger charge is -2.33. The van der Waals surface area contributed by atoms with Gasteiger partial charge in [0.2, 0.25) is 10.0 Å². The van der Waals surface area contributed by atoms with Crippen molar-refractivity contribution in [1.29, 1.82) is 0 Å². The Balaban J connectivity index is 1.53. The van der Waals surface area contributed by atoms with Crippen molar-refractivity contribution in [1.82, 2.24) is 4.31 Å². The smallest absolute Gasteiger partial charge is 0.488 e. The molecular formula is C27H26F3NO6S. The summed E-state index contributed by atoms with van der Waals surface area (Å²) in [6.07, 6.45) is -3.43. The van der Waals surface area contributed by atoms with Gasteiger partial charge in [-0.15, -0.1) is 13.2 Å². The number of aliphatic carboxylic acids is 1. The molecule has 0 spiro atoms. The van der Waals surface area contributed by atoms with Crippen LogP contribution in [-0.2, 0) is 27.8 Å². The van der Waals surface area contributed by atoms with E-state index in [2.05, 4.69) is 4.74 Å². The maximum atomic E-state index is 13.4. The standard InChI is InChI=1S/C27H26F3NO6S/c1-26(2)14-13-21-15-23(11-12-24(21)37-26)38(34,35)31(17-25(32)33)16-18-3-5-19(6-4-18)20-7-9-22(10-8-20)36-27(28,29)30/h3-12,15H,13-14,16-17H2,1-2H3,(H,32,33). The van der Waals surface area contributed by atoms with Gasteiger partial charge in [-0.05, 0) is 79.3 Å². The molecule has 1 aliphatic heterocycles. The Labute approximate surface area is 218 Å². The molecule has 0 bridgehead atoms. The van der Waals surface area contributed by atoms with Gasteiger partial charge in [-0.3, -0.25) is 4.79 Å². The van der Waals surface area contributed by atoms with E-state index in [1.54, 1.807) is 30.3 Å². The molecule has 38 heavy (non-hydrogen) atoms. The van der Waals surface area contributed by atoms with E-state index in [0.29, 0.717) is 35.3 Å². The molecule has 0 aromatic heterocycles. The minimum Gasteiger partial charge on any atom is -0.488 e. The highest BCUT2D eigenvalue weighted by molar-refractivity contribution is 7.89. The highest BCUT2D eigenvalue weighted by Gasteiger charge is 2.32. The summed E-state index contributed by atoms with van der Waals surface area (Å²) in [6, 6.07) is 16.5. The van der Waals surface area contributed by atoms with E-state index in [-0.39, 0.29) is 22.8 Å². The second-order valence-electron chi connectivity index (χ2n) is 9.57. The Hall–Kier alpha value is -3.57. The van der Waals surface area contributed by atoms with Gasteiger partial charge in [0.15, 0.2) is 0 Å². The first-order valence-corrected chi connectivity index (χ1v) is 13.1. The molecule has 202 valence electrons. The average molecular weight is 550 g/mol. The van der Waals surface area contributed by atoms with Crippen molar-refractivity contribution in [3.8, 4) is 22.6 Å². The first-order valence-electron chi connectivity index (χ1n) is 11.7. The van der Waals surface area contributed by atoms with E-state index < -0.39 is 28.9 Å². The number of fused-ring (bicyclic) bond motifs is 1. The fourth-order valence-electron chi connectivity index (χ4n) is 4.18. The lowest BCUT2D eigenvalue weighted by molar-refractivity contribution is -0.274. The highest BCUT2D eigenvalue weighted by atomic mass is 32.2. The Morgan fingerprint density at radius 1 is 1.03 bits per heavy atom. The fraction of sp³-hybridized carbons (Fsp3) is 0.296. The van der Waals surface area contributed by atoms with Gasteiger partial charge in [0.25, 0.3) is 0 Å². The molecule has 0 aliphatic carbocycles. The van der Waals surface area contributed by atoms with Crippen LogP contribution in [-0.4, -0.2) is 42.3 Å². The van der Waals surface area contributed by atoms with E-state index in [9.17, 15) is 31.5 Å². The Bertz CT molecular complexity index is 1420. The second kappa shape index (κ2) is 10.3. The van der Waals surface area contributed by atoms with E-state index in [1.807, 2.05) is 13.8 Å². The van der Waals surface area contributed by atoms with E-state index in [0.717, 1.165) is 9.87 Å². The molecule has 0 saturated heterocycles. The fourth-order valence-corrected chi connectivity index (χ4v) is 5.61. The summed E-state index contributed by atoms with van der Waals surface area (Å²) in [4.78, 5) is 11.5. The van der Waals surface area contributed by atoms with Gasteiger partial charge in [0.05, 0.1) is 4.90 Å². The predicted molar refractivity (Wildman–Crippen MR) is 133 cm³/mol. The zero-order valence-electron chi connectivity index (χ0n) is 20.7. The number of nitrogens with zero attached hydrogens (tertiary/aromatic N) is 1. The summed E-state index contributed by atoms with van der Waals surface area (Å²) in [5.41, 5.74) is 2.24. The van der Waals surface area contributed by atoms with Crippen LogP contribution in [0.4, 0.5) is 13.2 Å². The van der Waals surface area contributed by atoms with Crippen LogP contribution in [0.2, 0.25) is 0 Å². The van der Waals surface area contributed by atoms with Crippen LogP contribution in [0.25, 0.3) is 11.1 Å². The Kier molecular flexibility index (Phi) is 7.44. The van der Waals surface area contributed by atoms with E-state index in [4.69, 9.17) is 4.74 Å². The molecule has 3 aromatic rings. The molecule has 3 aromatic carbocycles. The highest BCUT2D eigenvalue weighted by Crippen LogP contribution is 2.35. The number of rotatable bonds is 8. The van der Waals surface area contributed by atoms with Crippen LogP contribution in [0.1, 0.15) is 31.4 Å². The largest absolute Gasteiger partial charge is 0.573 e. The minimum absolute atomic E-state index is 0.0152. The molecule has 1 aliphatic rings. The number of hydrogen-bond donors (Lipinski definition) is 1. The summed E-state index contributed by atoms with van der Waals surface area (Å²) in [5.74, 6) is -1.03. The number of halogens is 3. The second-order valence-corrected chi connectivity index (χ2v) is 11.5. The maximum Gasteiger partial charge on any atom is 0.573 e. The van der Waals surface area contributed by atoms with Crippen LogP contribution in [0.5, 0.6) is 11.5 Å². The molecule has 1 heterocycles. The predicted octanol–water partition coefficient (Wildman–Crippen LogP) is 5.63. The first-order chi connectivity index (χ1) is 17.7. The molecule has 0 atom stereocenters. The van der Waals surface area contributed by atoms with Gasteiger partial charge >= 0.3 is 12.3 Å². The molecule has 1 N–H and O–H groups in total. The summed E-state index contributed by atoms with van der Waals surface area (Å²) < 4.78 is 74.7. The molecule has 0 saturated carbocycles. The van der Waals surface area contributed by atoms with Crippen molar-refractivity contribution in [3.05, 3.63) is 77.9 Å². The van der Waals surface area contributed by atoms with Crippen LogP contribution in [0.3, 0.4) is 0 Å². The number of aryl methyl sites for hydroxylation is 1. The van der Waals surface area contributed by atoms with Crippen molar-refractivity contribution in [3.63, 3.8) is 0 Å². The van der Waals surface area contributed by atoms with Crippen molar-refractivity contribution < 1.29 is 41.0 Å². The SMILES string of the molecule is CC1(C)CCc2cc(S(=O)(=O)N(CC(=O)O)Cc3ccc(-c4ccc(OC(F)(F)F)cc4)cc3)ccc2O1. The maximum absolute atomic E-state index is 13.4. The number of benzene rings is 3. The zero-order valence-corrected chi connectivity index (χ0v) is 21.5. The molecule has 0 radical (unpaired) electrons. The average Bonchev–Trinajstić information content (AvgIpc) is 2.82. The first kappa shape index (κ1) is 27.5. The number of ether oxygens (including phenoxy) is 2. The molecule has 11 heteroatoms. The van der Waals surface area contributed by atoms with Gasteiger partial charge in [-0.1, -0.05) is 36.4 Å². The van der Waals surface area contributed by atoms with Crippen LogP contribution in [0.15, 0.2) is 71.6 Å². The van der Waals surface area contributed by atoms with Crippen molar-refractivity contribution in [2.24, 2.45) is 0 Å². The Morgan fingerprint density at radius 2 is 1.63 bits per heavy atom. The van der Waals surface area contributed by atoms with Crippen LogP contribution < -0.4 is 9.47 Å². The van der Waals surface area contributed by atoms with Gasteiger partial charge in [0, 0.05) is 6.54 Å². The molecule has 0 fully saturated rings. The van der Waals surface area contributed by atoms with Crippen molar-refractivity contribution in [2.75, 3.05) is 6.54 Å². The Morgan fingerprint density at radius 3 is 2.21 bits per heavy atom. The summed E-state index contributed by atoms with van der Waals surface area (Å²) in [6.45, 7) is 3.00. The number of alkyl halides is 3. The molecule has 7 nitrogen and oxygen atoms in total. The van der Waals surface area contributed by atoms with Crippen molar-refractivity contribution >= 4 is 16.0 Å². The van der Waals surface area contributed by atoms with E-state index in [1.165, 1.54) is 36.4 Å². The van der Waals surface area contributed by atoms with Gasteiger partial charge < -0.3 is 14.6 Å². The zero-order chi connectivity index (χ0) is 27.7. The summed E-state index contributed by atoms with van der Waals surface area (Å²) >= 11 is 0. The van der Waals surface area contributed by atoms with Crippen LogP contribution in [0, 0.1) is 0 Å². The van der Waals surface area contributed by atoms with Gasteiger partial charge in [0.1, 0.15) is 23.6 Å². The van der Waals surface area contributed by atoms with Gasteiger partial charge in [-0.25, -0.2) is 8.42 Å². The van der Waals surface area contributed by atoms with Crippen LogP contribution >= 0.6 is 0 Å². The van der Waals surface area contributed by atoms with Gasteiger partial charge in [-0.2, -0.15) is 4.31 Å². The third-order valence-corrected chi connectivity index (χ3v) is 7.89. The topological polar surface area (TPSA) is 93.1 Å². The molecule has 0 unspecified atom stereocenters. The molecular weight excluding hydrogens is 523 g/mol. The number of carbonyl (C=O) groups is 1. The summed E-state index contributed by atoms with van der Waals surface area (Å²) in [5, 5.41) is 9.40.